The van der Waals surface area contributed by atoms with Gasteiger partial charge in [-0.25, -0.2) is 9.18 Å². The number of hydrogen-bond donors (Lipinski definition) is 2. The Morgan fingerprint density at radius 1 is 1.44 bits per heavy atom. The summed E-state index contributed by atoms with van der Waals surface area (Å²) in [5, 5.41) is 15.6. The lowest BCUT2D eigenvalue weighted by Gasteiger charge is -2.07. The average Bonchev–Trinajstić information content (AvgIpc) is 2.73. The summed E-state index contributed by atoms with van der Waals surface area (Å²) in [5.74, 6) is -1.46. The van der Waals surface area contributed by atoms with Crippen molar-refractivity contribution in [2.24, 2.45) is 0 Å². The lowest BCUT2D eigenvalue weighted by atomic mass is 9.97. The molecule has 2 rings (SSSR count). The number of nitrogens with one attached hydrogen (secondary N) is 1. The van der Waals surface area contributed by atoms with Crippen LogP contribution in [0.3, 0.4) is 0 Å². The van der Waals surface area contributed by atoms with Crippen LogP contribution in [0.25, 0.3) is 11.1 Å². The third-order valence-electron chi connectivity index (χ3n) is 2.69. The van der Waals surface area contributed by atoms with E-state index in [2.05, 4.69) is 10.2 Å². The number of H-pyrrole nitrogens is 1. The molecular formula is C13H13FN2O2. The van der Waals surface area contributed by atoms with Gasteiger partial charge in [0.1, 0.15) is 5.82 Å². The van der Waals surface area contributed by atoms with Gasteiger partial charge in [0.15, 0.2) is 5.69 Å². The summed E-state index contributed by atoms with van der Waals surface area (Å²) >= 11 is 0. The van der Waals surface area contributed by atoms with Gasteiger partial charge in [-0.15, -0.1) is 0 Å². The fraction of sp³-hybridized carbons (Fsp3) is 0.231. The molecule has 0 fully saturated rings. The third kappa shape index (κ3) is 2.11. The molecule has 2 aromatic rings. The highest BCUT2D eigenvalue weighted by Crippen LogP contribution is 2.31. The number of rotatable bonds is 3. The van der Waals surface area contributed by atoms with Crippen LogP contribution in [0, 0.1) is 5.82 Å². The molecule has 0 unspecified atom stereocenters. The summed E-state index contributed by atoms with van der Waals surface area (Å²) in [5.41, 5.74) is 1.59. The van der Waals surface area contributed by atoms with Crippen LogP contribution >= 0.6 is 0 Å². The van der Waals surface area contributed by atoms with E-state index >= 15 is 0 Å². The number of halogens is 1. The largest absolute Gasteiger partial charge is 0.476 e. The number of carboxylic acids is 1. The van der Waals surface area contributed by atoms with Gasteiger partial charge in [0, 0.05) is 11.3 Å². The van der Waals surface area contributed by atoms with E-state index in [0.29, 0.717) is 16.8 Å². The molecule has 5 heteroatoms. The fourth-order valence-electron chi connectivity index (χ4n) is 1.86. The first-order chi connectivity index (χ1) is 8.50. The summed E-state index contributed by atoms with van der Waals surface area (Å²) in [6.07, 6.45) is 0. The molecule has 0 spiro atoms. The summed E-state index contributed by atoms with van der Waals surface area (Å²) in [6, 6.07) is 5.85. The van der Waals surface area contributed by atoms with Crippen molar-refractivity contribution in [2.75, 3.05) is 0 Å². The number of benzene rings is 1. The van der Waals surface area contributed by atoms with E-state index in [-0.39, 0.29) is 11.6 Å². The summed E-state index contributed by atoms with van der Waals surface area (Å²) in [7, 11) is 0. The van der Waals surface area contributed by atoms with Gasteiger partial charge in [-0.05, 0) is 23.6 Å². The monoisotopic (exact) mass is 248 g/mol. The molecule has 0 saturated carbocycles. The molecule has 0 aliphatic rings. The molecule has 0 radical (unpaired) electrons. The van der Waals surface area contributed by atoms with Crippen molar-refractivity contribution in [3.05, 3.63) is 41.5 Å². The van der Waals surface area contributed by atoms with E-state index in [1.165, 1.54) is 12.1 Å². The minimum atomic E-state index is -1.13. The maximum atomic E-state index is 13.2. The molecule has 94 valence electrons. The zero-order chi connectivity index (χ0) is 13.3. The molecule has 1 aromatic carbocycles. The number of hydrogen-bond acceptors (Lipinski definition) is 2. The first kappa shape index (κ1) is 12.3. The second-order valence-electron chi connectivity index (χ2n) is 4.33. The average molecular weight is 248 g/mol. The van der Waals surface area contributed by atoms with Crippen LogP contribution in [0.2, 0.25) is 0 Å². The van der Waals surface area contributed by atoms with Crippen LogP contribution in [0.4, 0.5) is 4.39 Å². The molecule has 1 aromatic heterocycles. The van der Waals surface area contributed by atoms with Crippen LogP contribution in [0.1, 0.15) is 35.9 Å². The van der Waals surface area contributed by atoms with Gasteiger partial charge in [0.2, 0.25) is 0 Å². The zero-order valence-corrected chi connectivity index (χ0v) is 10.1. The smallest absolute Gasteiger partial charge is 0.357 e. The minimum absolute atomic E-state index is 0.0730. The molecule has 0 aliphatic carbocycles. The summed E-state index contributed by atoms with van der Waals surface area (Å²) in [4.78, 5) is 11.1. The predicted octanol–water partition coefficient (Wildman–Crippen LogP) is 3.04. The summed E-state index contributed by atoms with van der Waals surface area (Å²) in [6.45, 7) is 3.84. The molecule has 18 heavy (non-hydrogen) atoms. The van der Waals surface area contributed by atoms with E-state index < -0.39 is 11.8 Å². The van der Waals surface area contributed by atoms with Crippen LogP contribution in [0.5, 0.6) is 0 Å². The quantitative estimate of drug-likeness (QED) is 0.877. The van der Waals surface area contributed by atoms with Gasteiger partial charge in [-0.2, -0.15) is 5.10 Å². The van der Waals surface area contributed by atoms with E-state index in [0.717, 1.165) is 0 Å². The van der Waals surface area contributed by atoms with Crippen LogP contribution < -0.4 is 0 Å². The van der Waals surface area contributed by atoms with E-state index in [9.17, 15) is 9.18 Å². The standard InChI is InChI=1S/C13H13FN2O2/c1-7(2)11-10(12(13(17)18)16-15-11)8-4-3-5-9(14)6-8/h3-7H,1-2H3,(H,15,16)(H,17,18). The fourth-order valence-corrected chi connectivity index (χ4v) is 1.86. The van der Waals surface area contributed by atoms with Crippen molar-refractivity contribution >= 4 is 5.97 Å². The van der Waals surface area contributed by atoms with Gasteiger partial charge < -0.3 is 5.11 Å². The molecule has 1 heterocycles. The maximum absolute atomic E-state index is 13.2. The Kier molecular flexibility index (Phi) is 3.14. The molecule has 4 nitrogen and oxygen atoms in total. The second-order valence-corrected chi connectivity index (χ2v) is 4.33. The van der Waals surface area contributed by atoms with Crippen LogP contribution in [0.15, 0.2) is 24.3 Å². The van der Waals surface area contributed by atoms with Gasteiger partial charge in [0.05, 0.1) is 0 Å². The minimum Gasteiger partial charge on any atom is -0.476 e. The second kappa shape index (κ2) is 4.60. The van der Waals surface area contributed by atoms with Crippen molar-refractivity contribution in [3.63, 3.8) is 0 Å². The van der Waals surface area contributed by atoms with Gasteiger partial charge in [-0.3, -0.25) is 5.10 Å². The van der Waals surface area contributed by atoms with E-state index in [1.54, 1.807) is 12.1 Å². The summed E-state index contributed by atoms with van der Waals surface area (Å²) < 4.78 is 13.2. The highest BCUT2D eigenvalue weighted by atomic mass is 19.1. The highest BCUT2D eigenvalue weighted by molar-refractivity contribution is 5.94. The first-order valence-corrected chi connectivity index (χ1v) is 5.58. The Morgan fingerprint density at radius 2 is 2.17 bits per heavy atom. The Morgan fingerprint density at radius 3 is 2.72 bits per heavy atom. The third-order valence-corrected chi connectivity index (χ3v) is 2.69. The highest BCUT2D eigenvalue weighted by Gasteiger charge is 2.22. The van der Waals surface area contributed by atoms with E-state index in [4.69, 9.17) is 5.11 Å². The van der Waals surface area contributed by atoms with Gasteiger partial charge in [-0.1, -0.05) is 26.0 Å². The van der Waals surface area contributed by atoms with Crippen molar-refractivity contribution in [1.29, 1.82) is 0 Å². The number of nitrogens with zero attached hydrogens (tertiary/aromatic N) is 1. The predicted molar refractivity (Wildman–Crippen MR) is 65.0 cm³/mol. The Labute approximate surface area is 103 Å². The van der Waals surface area contributed by atoms with Gasteiger partial charge in [0.25, 0.3) is 0 Å². The Hall–Kier alpha value is -2.17. The molecule has 0 atom stereocenters. The topological polar surface area (TPSA) is 66.0 Å². The Bertz CT molecular complexity index is 590. The van der Waals surface area contributed by atoms with Crippen LogP contribution in [-0.4, -0.2) is 21.3 Å². The number of aromatic nitrogens is 2. The van der Waals surface area contributed by atoms with Crippen molar-refractivity contribution in [3.8, 4) is 11.1 Å². The van der Waals surface area contributed by atoms with Gasteiger partial charge >= 0.3 is 5.97 Å². The molecule has 2 N–H and O–H groups in total. The molecule has 0 aliphatic heterocycles. The normalized spacial score (nSPS) is 10.9. The lowest BCUT2D eigenvalue weighted by Crippen LogP contribution is -2.00. The molecular weight excluding hydrogens is 235 g/mol. The SMILES string of the molecule is CC(C)c1[nH]nc(C(=O)O)c1-c1cccc(F)c1. The Balaban J connectivity index is 2.67. The number of carbonyl (C=O) groups is 1. The van der Waals surface area contributed by atoms with Crippen molar-refractivity contribution in [1.82, 2.24) is 10.2 Å². The van der Waals surface area contributed by atoms with Crippen molar-refractivity contribution < 1.29 is 14.3 Å². The first-order valence-electron chi connectivity index (χ1n) is 5.58. The number of aromatic carboxylic acids is 1. The molecule has 0 bridgehead atoms. The lowest BCUT2D eigenvalue weighted by molar-refractivity contribution is 0.0691. The molecule has 0 saturated heterocycles. The zero-order valence-electron chi connectivity index (χ0n) is 10.1. The maximum Gasteiger partial charge on any atom is 0.357 e. The molecule has 0 amide bonds. The van der Waals surface area contributed by atoms with Crippen LogP contribution in [-0.2, 0) is 0 Å². The van der Waals surface area contributed by atoms with Crippen molar-refractivity contribution in [2.45, 2.75) is 19.8 Å². The number of aromatic amines is 1. The number of carboxylic acid groups (broad SMARTS) is 1. The van der Waals surface area contributed by atoms with E-state index in [1.807, 2.05) is 13.8 Å².